The Bertz CT molecular complexity index is 880. The summed E-state index contributed by atoms with van der Waals surface area (Å²) in [5, 5.41) is 3.06. The topological polar surface area (TPSA) is 81.8 Å². The number of nitrogens with one attached hydrogen (secondary N) is 1. The molecule has 0 radical (unpaired) electrons. The highest BCUT2D eigenvalue weighted by Gasteiger charge is 2.00. The van der Waals surface area contributed by atoms with E-state index in [1.807, 2.05) is 66.7 Å². The van der Waals surface area contributed by atoms with Crippen molar-refractivity contribution >= 4 is 11.6 Å². The Balaban J connectivity index is 1.55. The first-order valence-corrected chi connectivity index (χ1v) is 8.55. The van der Waals surface area contributed by atoms with Crippen LogP contribution in [0.4, 0.5) is 5.69 Å². The Hall–Kier alpha value is -3.54. The van der Waals surface area contributed by atoms with Crippen molar-refractivity contribution in [3.63, 3.8) is 0 Å². The SMILES string of the molecule is COc1ccc(NC(N)=NCc2cccc(OCc3ccccn3)c2)cc1. The standard InChI is InChI=1S/C21H22N4O2/c1-26-19-10-8-17(9-11-19)25-21(22)24-14-16-5-4-7-20(13-16)27-15-18-6-2-3-12-23-18/h2-13H,14-15H2,1H3,(H3,22,24,25). The third kappa shape index (κ3) is 5.74. The van der Waals surface area contributed by atoms with Crippen LogP contribution in [0, 0.1) is 0 Å². The van der Waals surface area contributed by atoms with E-state index in [2.05, 4.69) is 15.3 Å². The zero-order valence-electron chi connectivity index (χ0n) is 15.1. The molecule has 0 atom stereocenters. The number of anilines is 1. The number of hydrogen-bond acceptors (Lipinski definition) is 4. The molecular formula is C21H22N4O2. The molecule has 1 aromatic heterocycles. The van der Waals surface area contributed by atoms with E-state index in [9.17, 15) is 0 Å². The summed E-state index contributed by atoms with van der Waals surface area (Å²) >= 11 is 0. The van der Waals surface area contributed by atoms with Gasteiger partial charge in [-0.2, -0.15) is 0 Å². The van der Waals surface area contributed by atoms with Crippen molar-refractivity contribution in [1.82, 2.24) is 4.98 Å². The van der Waals surface area contributed by atoms with Crippen molar-refractivity contribution < 1.29 is 9.47 Å². The molecule has 6 heteroatoms. The predicted octanol–water partition coefficient (Wildman–Crippen LogP) is 3.60. The lowest BCUT2D eigenvalue weighted by Crippen LogP contribution is -2.22. The number of pyridine rings is 1. The fourth-order valence-electron chi connectivity index (χ4n) is 2.41. The maximum atomic E-state index is 5.96. The highest BCUT2D eigenvalue weighted by Crippen LogP contribution is 2.16. The number of hydrogen-bond donors (Lipinski definition) is 2. The second kappa shape index (κ2) is 9.24. The van der Waals surface area contributed by atoms with Crippen LogP contribution in [0.1, 0.15) is 11.3 Å². The van der Waals surface area contributed by atoms with Gasteiger partial charge in [0.1, 0.15) is 18.1 Å². The van der Waals surface area contributed by atoms with Crippen molar-refractivity contribution in [2.75, 3.05) is 12.4 Å². The molecule has 138 valence electrons. The lowest BCUT2D eigenvalue weighted by Gasteiger charge is -2.08. The number of aromatic nitrogens is 1. The van der Waals surface area contributed by atoms with Crippen LogP contribution in [0.15, 0.2) is 77.9 Å². The fourth-order valence-corrected chi connectivity index (χ4v) is 2.41. The van der Waals surface area contributed by atoms with E-state index < -0.39 is 0 Å². The van der Waals surface area contributed by atoms with Gasteiger partial charge in [0, 0.05) is 11.9 Å². The average Bonchev–Trinajstić information content (AvgIpc) is 2.72. The highest BCUT2D eigenvalue weighted by molar-refractivity contribution is 5.92. The van der Waals surface area contributed by atoms with Crippen molar-refractivity contribution in [2.24, 2.45) is 10.7 Å². The Morgan fingerprint density at radius 1 is 1.04 bits per heavy atom. The average molecular weight is 362 g/mol. The molecule has 3 N–H and O–H groups in total. The molecule has 0 unspecified atom stereocenters. The monoisotopic (exact) mass is 362 g/mol. The highest BCUT2D eigenvalue weighted by atomic mass is 16.5. The third-order valence-electron chi connectivity index (χ3n) is 3.81. The van der Waals surface area contributed by atoms with Gasteiger partial charge >= 0.3 is 0 Å². The lowest BCUT2D eigenvalue weighted by atomic mass is 10.2. The maximum Gasteiger partial charge on any atom is 0.193 e. The molecule has 0 bridgehead atoms. The maximum absolute atomic E-state index is 5.96. The van der Waals surface area contributed by atoms with Crippen LogP contribution in [-0.4, -0.2) is 18.1 Å². The Labute approximate surface area is 158 Å². The number of nitrogens with two attached hydrogens (primary N) is 1. The zero-order valence-corrected chi connectivity index (χ0v) is 15.1. The Kier molecular flexibility index (Phi) is 6.25. The summed E-state index contributed by atoms with van der Waals surface area (Å²) < 4.78 is 10.9. The molecule has 0 saturated heterocycles. The van der Waals surface area contributed by atoms with Crippen LogP contribution in [0.25, 0.3) is 0 Å². The van der Waals surface area contributed by atoms with Crippen LogP contribution in [0.2, 0.25) is 0 Å². The number of guanidine groups is 1. The summed E-state index contributed by atoms with van der Waals surface area (Å²) in [6.07, 6.45) is 1.75. The minimum Gasteiger partial charge on any atom is -0.497 e. The number of rotatable bonds is 7. The molecule has 3 aromatic rings. The third-order valence-corrected chi connectivity index (χ3v) is 3.81. The van der Waals surface area contributed by atoms with Crippen LogP contribution in [0.5, 0.6) is 11.5 Å². The molecule has 2 aromatic carbocycles. The zero-order chi connectivity index (χ0) is 18.9. The number of benzene rings is 2. The van der Waals surface area contributed by atoms with Crippen molar-refractivity contribution in [3.8, 4) is 11.5 Å². The van der Waals surface area contributed by atoms with Crippen molar-refractivity contribution in [1.29, 1.82) is 0 Å². The van der Waals surface area contributed by atoms with Crippen LogP contribution >= 0.6 is 0 Å². The van der Waals surface area contributed by atoms with Gasteiger partial charge in [0.25, 0.3) is 0 Å². The van der Waals surface area contributed by atoms with Crippen LogP contribution in [-0.2, 0) is 13.2 Å². The van der Waals surface area contributed by atoms with Gasteiger partial charge in [-0.3, -0.25) is 4.98 Å². The fraction of sp³-hybridized carbons (Fsp3) is 0.143. The first-order chi connectivity index (χ1) is 13.2. The number of ether oxygens (including phenoxy) is 2. The van der Waals surface area contributed by atoms with Gasteiger partial charge < -0.3 is 20.5 Å². The van der Waals surface area contributed by atoms with Crippen molar-refractivity contribution in [3.05, 3.63) is 84.2 Å². The molecule has 0 saturated carbocycles. The lowest BCUT2D eigenvalue weighted by molar-refractivity contribution is 0.301. The molecule has 3 rings (SSSR count). The van der Waals surface area contributed by atoms with Gasteiger partial charge in [0.2, 0.25) is 0 Å². The number of methoxy groups -OCH3 is 1. The normalized spacial score (nSPS) is 11.1. The Morgan fingerprint density at radius 3 is 2.63 bits per heavy atom. The van der Waals surface area contributed by atoms with Gasteiger partial charge in [0.15, 0.2) is 5.96 Å². The molecule has 0 aliphatic carbocycles. The second-order valence-corrected chi connectivity index (χ2v) is 5.81. The number of nitrogens with zero attached hydrogens (tertiary/aromatic N) is 2. The summed E-state index contributed by atoms with van der Waals surface area (Å²) in [6, 6.07) is 21.0. The van der Waals surface area contributed by atoms with Gasteiger partial charge in [0.05, 0.1) is 19.3 Å². The van der Waals surface area contributed by atoms with E-state index in [-0.39, 0.29) is 0 Å². The molecule has 0 fully saturated rings. The predicted molar refractivity (Wildman–Crippen MR) is 107 cm³/mol. The quantitative estimate of drug-likeness (QED) is 0.496. The van der Waals surface area contributed by atoms with Gasteiger partial charge in [-0.25, -0.2) is 4.99 Å². The van der Waals surface area contributed by atoms with E-state index in [0.29, 0.717) is 19.1 Å². The van der Waals surface area contributed by atoms with Crippen molar-refractivity contribution in [2.45, 2.75) is 13.2 Å². The van der Waals surface area contributed by atoms with E-state index in [0.717, 1.165) is 28.4 Å². The largest absolute Gasteiger partial charge is 0.497 e. The second-order valence-electron chi connectivity index (χ2n) is 5.81. The minimum absolute atomic E-state index is 0.347. The molecular weight excluding hydrogens is 340 g/mol. The molecule has 0 spiro atoms. The van der Waals surface area contributed by atoms with E-state index in [1.54, 1.807) is 13.3 Å². The first kappa shape index (κ1) is 18.3. The summed E-state index contributed by atoms with van der Waals surface area (Å²) in [7, 11) is 1.63. The molecule has 1 heterocycles. The van der Waals surface area contributed by atoms with E-state index in [4.69, 9.17) is 15.2 Å². The summed E-state index contributed by atoms with van der Waals surface area (Å²) in [5.74, 6) is 1.91. The molecule has 6 nitrogen and oxygen atoms in total. The summed E-state index contributed by atoms with van der Waals surface area (Å²) in [6.45, 7) is 0.879. The van der Waals surface area contributed by atoms with Crippen LogP contribution in [0.3, 0.4) is 0 Å². The van der Waals surface area contributed by atoms with Crippen LogP contribution < -0.4 is 20.5 Å². The molecule has 0 aliphatic heterocycles. The molecule has 0 amide bonds. The van der Waals surface area contributed by atoms with E-state index >= 15 is 0 Å². The van der Waals surface area contributed by atoms with E-state index in [1.165, 1.54) is 0 Å². The van der Waals surface area contributed by atoms with Gasteiger partial charge in [-0.15, -0.1) is 0 Å². The van der Waals surface area contributed by atoms with Gasteiger partial charge in [-0.05, 0) is 54.1 Å². The summed E-state index contributed by atoms with van der Waals surface area (Å²) in [5.41, 5.74) is 8.71. The Morgan fingerprint density at radius 2 is 1.89 bits per heavy atom. The minimum atomic E-state index is 0.347. The number of aliphatic imine (C=N–C) groups is 1. The molecule has 0 aliphatic rings. The van der Waals surface area contributed by atoms with Gasteiger partial charge in [-0.1, -0.05) is 18.2 Å². The summed E-state index contributed by atoms with van der Waals surface area (Å²) in [4.78, 5) is 8.62. The smallest absolute Gasteiger partial charge is 0.193 e. The first-order valence-electron chi connectivity index (χ1n) is 8.55. The molecule has 27 heavy (non-hydrogen) atoms.